The first kappa shape index (κ1) is 41.3. The minimum absolute atomic E-state index is 0.0802. The summed E-state index contributed by atoms with van der Waals surface area (Å²) in [5, 5.41) is 78.3. The molecule has 0 radical (unpaired) electrons. The molecule has 0 fully saturated rings. The van der Waals surface area contributed by atoms with Crippen molar-refractivity contribution in [2.45, 2.75) is 37.8 Å². The lowest BCUT2D eigenvalue weighted by atomic mass is 10.0. The normalized spacial score (nSPS) is 14.0. The molecule has 0 aliphatic carbocycles. The van der Waals surface area contributed by atoms with Crippen molar-refractivity contribution in [1.29, 1.82) is 0 Å². The van der Waals surface area contributed by atoms with Gasteiger partial charge in [0.05, 0.1) is 74.8 Å². The molecular formula is C26H41I3N4O11. The Bertz CT molecular complexity index is 1040. The highest BCUT2D eigenvalue weighted by Gasteiger charge is 2.36. The zero-order chi connectivity index (χ0) is 33.9. The number of nitrogens with zero attached hydrogens (tertiary/aromatic N) is 4. The number of hydrogen-bond acceptors (Lipinski definition) is 11. The van der Waals surface area contributed by atoms with Gasteiger partial charge in [0.1, 0.15) is 0 Å². The van der Waals surface area contributed by atoms with Crippen LogP contribution in [0.15, 0.2) is 0 Å². The molecule has 4 atom stereocenters. The molecule has 1 aromatic carbocycles. The minimum Gasteiger partial charge on any atom is -0.394 e. The lowest BCUT2D eigenvalue weighted by molar-refractivity contribution is 0.0204. The monoisotopic (exact) mass is 966 g/mol. The Balaban J connectivity index is 4.09. The summed E-state index contributed by atoms with van der Waals surface area (Å²) < 4.78 is 0.595. The Kier molecular flexibility index (Phi) is 18.6. The maximum absolute atomic E-state index is 14.1. The summed E-state index contributed by atoms with van der Waals surface area (Å²) in [5.41, 5.74) is 0.0220. The molecule has 1 rings (SSSR count). The summed E-state index contributed by atoms with van der Waals surface area (Å²) in [7, 11) is 3.06. The number of aliphatic hydroxyl groups excluding tert-OH is 8. The van der Waals surface area contributed by atoms with Crippen LogP contribution in [0.1, 0.15) is 34.1 Å². The fraction of sp³-hybridized carbons (Fsp3) is 0.654. The second kappa shape index (κ2) is 19.8. The molecule has 18 heteroatoms. The molecule has 0 aliphatic rings. The molecule has 0 saturated heterocycles. The highest BCUT2D eigenvalue weighted by Crippen LogP contribution is 2.39. The average molecular weight is 966 g/mol. The zero-order valence-electron chi connectivity index (χ0n) is 24.6. The SMILES string of the molecule is CCCN(C)C(=O)N(C)c1c(I)c(C(=O)N(CC(O)CO)CC(O)CO)c(I)c(C(=O)N(CC(O)CO)CC(O)CO)c1I. The van der Waals surface area contributed by atoms with E-state index in [9.17, 15) is 55.2 Å². The van der Waals surface area contributed by atoms with E-state index < -0.39 is 94.9 Å². The first-order valence-corrected chi connectivity index (χ1v) is 16.8. The van der Waals surface area contributed by atoms with Crippen molar-refractivity contribution in [3.8, 4) is 0 Å². The number of amides is 4. The minimum atomic E-state index is -1.40. The van der Waals surface area contributed by atoms with Crippen LogP contribution in [0.2, 0.25) is 0 Å². The first-order valence-electron chi connectivity index (χ1n) is 13.5. The first-order chi connectivity index (χ1) is 20.6. The summed E-state index contributed by atoms with van der Waals surface area (Å²) >= 11 is 5.51. The number of anilines is 1. The molecule has 4 unspecified atom stereocenters. The van der Waals surface area contributed by atoms with E-state index >= 15 is 0 Å². The van der Waals surface area contributed by atoms with E-state index in [0.717, 1.165) is 9.80 Å². The van der Waals surface area contributed by atoms with Crippen molar-refractivity contribution in [3.63, 3.8) is 0 Å². The van der Waals surface area contributed by atoms with Crippen LogP contribution in [0.5, 0.6) is 0 Å². The van der Waals surface area contributed by atoms with E-state index in [2.05, 4.69) is 0 Å². The number of hydrogen-bond donors (Lipinski definition) is 8. The van der Waals surface area contributed by atoms with Crippen molar-refractivity contribution in [2.24, 2.45) is 0 Å². The van der Waals surface area contributed by atoms with Crippen molar-refractivity contribution in [3.05, 3.63) is 21.8 Å². The third-order valence-electron chi connectivity index (χ3n) is 6.37. The smallest absolute Gasteiger partial charge is 0.324 e. The van der Waals surface area contributed by atoms with Crippen LogP contribution in [0.4, 0.5) is 10.5 Å². The van der Waals surface area contributed by atoms with E-state index in [1.54, 1.807) is 29.6 Å². The number of rotatable bonds is 17. The van der Waals surface area contributed by atoms with Gasteiger partial charge in [-0.3, -0.25) is 14.5 Å². The number of aliphatic hydroxyl groups is 8. The van der Waals surface area contributed by atoms with Gasteiger partial charge in [-0.2, -0.15) is 0 Å². The number of carbonyl (C=O) groups excluding carboxylic acids is 3. The standard InChI is InChI=1S/C26H41I3N4O11/c1-4-5-30(2)26(44)31(3)23-21(28)18(24(42)32(6-14(38)10-34)7-15(39)11-35)20(27)19(22(23)29)25(43)33(8-16(40)12-36)9-17(41)13-37/h14-17,34-41H,4-13H2,1-3H3. The van der Waals surface area contributed by atoms with E-state index in [0.29, 0.717) is 13.0 Å². The molecule has 0 heterocycles. The van der Waals surface area contributed by atoms with Crippen LogP contribution in [-0.4, -0.2) is 171 Å². The topological polar surface area (TPSA) is 226 Å². The van der Waals surface area contributed by atoms with Crippen molar-refractivity contribution < 1.29 is 55.2 Å². The van der Waals surface area contributed by atoms with Gasteiger partial charge in [-0.15, -0.1) is 0 Å². The highest BCUT2D eigenvalue weighted by molar-refractivity contribution is 14.1. The zero-order valence-corrected chi connectivity index (χ0v) is 31.1. The van der Waals surface area contributed by atoms with E-state index in [1.807, 2.05) is 52.1 Å². The van der Waals surface area contributed by atoms with E-state index in [-0.39, 0.29) is 27.5 Å². The summed E-state index contributed by atoms with van der Waals surface area (Å²) in [6, 6.07) is -0.452. The molecule has 8 N–H and O–H groups in total. The third-order valence-corrected chi connectivity index (χ3v) is 9.55. The summed E-state index contributed by atoms with van der Waals surface area (Å²) in [6.07, 6.45) is -4.92. The largest absolute Gasteiger partial charge is 0.394 e. The molecule has 44 heavy (non-hydrogen) atoms. The van der Waals surface area contributed by atoms with Crippen molar-refractivity contribution in [1.82, 2.24) is 14.7 Å². The summed E-state index contributed by atoms with van der Waals surface area (Å²) in [5.74, 6) is -1.57. The number of carbonyl (C=O) groups is 3. The number of urea groups is 1. The third kappa shape index (κ3) is 10.9. The molecule has 0 aliphatic heterocycles. The lowest BCUT2D eigenvalue weighted by Crippen LogP contribution is -2.46. The fourth-order valence-electron chi connectivity index (χ4n) is 4.15. The number of halogens is 3. The summed E-state index contributed by atoms with van der Waals surface area (Å²) in [4.78, 5) is 46.4. The van der Waals surface area contributed by atoms with Gasteiger partial charge in [-0.1, -0.05) is 6.92 Å². The lowest BCUT2D eigenvalue weighted by Gasteiger charge is -2.32. The molecule has 4 amide bonds. The van der Waals surface area contributed by atoms with Crippen LogP contribution >= 0.6 is 67.8 Å². The van der Waals surface area contributed by atoms with E-state index in [1.165, 1.54) is 16.8 Å². The van der Waals surface area contributed by atoms with Crippen LogP contribution < -0.4 is 4.90 Å². The quantitative estimate of drug-likeness (QED) is 0.0857. The molecule has 0 saturated carbocycles. The van der Waals surface area contributed by atoms with E-state index in [4.69, 9.17) is 0 Å². The van der Waals surface area contributed by atoms with Gasteiger partial charge >= 0.3 is 6.03 Å². The maximum atomic E-state index is 14.1. The Hall–Kier alpha value is -0.700. The van der Waals surface area contributed by atoms with Crippen LogP contribution in [0, 0.1) is 10.7 Å². The maximum Gasteiger partial charge on any atom is 0.324 e. The average Bonchev–Trinajstić information content (AvgIpc) is 2.99. The van der Waals surface area contributed by atoms with Gasteiger partial charge in [0, 0.05) is 50.4 Å². The Morgan fingerprint density at radius 1 is 0.636 bits per heavy atom. The van der Waals surface area contributed by atoms with Gasteiger partial charge in [0.15, 0.2) is 0 Å². The molecule has 0 spiro atoms. The molecule has 252 valence electrons. The second-order valence-electron chi connectivity index (χ2n) is 10.1. The Labute approximate surface area is 296 Å². The van der Waals surface area contributed by atoms with Gasteiger partial charge in [0.2, 0.25) is 0 Å². The van der Waals surface area contributed by atoms with Crippen LogP contribution in [0.3, 0.4) is 0 Å². The number of benzene rings is 1. The van der Waals surface area contributed by atoms with Gasteiger partial charge in [-0.05, 0) is 74.2 Å². The molecule has 0 bridgehead atoms. The van der Waals surface area contributed by atoms with Gasteiger partial charge < -0.3 is 55.6 Å². The molecule has 1 aromatic rings. The molecular weight excluding hydrogens is 925 g/mol. The van der Waals surface area contributed by atoms with Crippen molar-refractivity contribution in [2.75, 3.05) is 78.1 Å². The Morgan fingerprint density at radius 3 is 1.23 bits per heavy atom. The predicted octanol–water partition coefficient (Wildman–Crippen LogP) is -1.30. The molecule has 15 nitrogen and oxygen atoms in total. The van der Waals surface area contributed by atoms with Crippen LogP contribution in [0.25, 0.3) is 0 Å². The predicted molar refractivity (Wildman–Crippen MR) is 185 cm³/mol. The van der Waals surface area contributed by atoms with Gasteiger partial charge in [-0.25, -0.2) is 4.79 Å². The van der Waals surface area contributed by atoms with Crippen molar-refractivity contribution >= 4 is 91.3 Å². The summed E-state index contributed by atoms with van der Waals surface area (Å²) in [6.45, 7) is -2.25. The van der Waals surface area contributed by atoms with Crippen LogP contribution in [-0.2, 0) is 0 Å². The fourth-order valence-corrected chi connectivity index (χ4v) is 8.96. The highest BCUT2D eigenvalue weighted by atomic mass is 127. The second-order valence-corrected chi connectivity index (χ2v) is 13.3. The van der Waals surface area contributed by atoms with Gasteiger partial charge in [0.25, 0.3) is 11.8 Å². The molecule has 0 aromatic heterocycles. The Morgan fingerprint density at radius 2 is 0.955 bits per heavy atom.